The van der Waals surface area contributed by atoms with Crippen molar-refractivity contribution < 1.29 is 4.74 Å². The second kappa shape index (κ2) is 8.67. The minimum absolute atomic E-state index is 0.458. The van der Waals surface area contributed by atoms with Gasteiger partial charge in [0.25, 0.3) is 0 Å². The van der Waals surface area contributed by atoms with E-state index in [1.54, 1.807) is 11.3 Å². The molecule has 16 heavy (non-hydrogen) atoms. The summed E-state index contributed by atoms with van der Waals surface area (Å²) in [6.07, 6.45) is 5.40. The van der Waals surface area contributed by atoms with Crippen molar-refractivity contribution in [3.8, 4) is 0 Å². The zero-order valence-corrected chi connectivity index (χ0v) is 11.1. The van der Waals surface area contributed by atoms with Crippen LogP contribution in [0.4, 0.5) is 0 Å². The summed E-state index contributed by atoms with van der Waals surface area (Å²) in [4.78, 5) is 4.27. The second-order valence-corrected chi connectivity index (χ2v) is 4.88. The first-order valence-corrected chi connectivity index (χ1v) is 6.90. The fourth-order valence-electron chi connectivity index (χ4n) is 1.48. The molecular weight excluding hydrogens is 220 g/mol. The molecular formula is C12H22N2OS. The van der Waals surface area contributed by atoms with Crippen molar-refractivity contribution in [2.75, 3.05) is 19.8 Å². The third-order valence-corrected chi connectivity index (χ3v) is 3.21. The largest absolute Gasteiger partial charge is 0.380 e. The molecule has 0 spiro atoms. The van der Waals surface area contributed by atoms with E-state index in [1.807, 2.05) is 18.5 Å². The van der Waals surface area contributed by atoms with Crippen molar-refractivity contribution in [1.29, 1.82) is 0 Å². The van der Waals surface area contributed by atoms with Crippen LogP contribution in [0, 0.1) is 0 Å². The Kier molecular flexibility index (Phi) is 7.38. The van der Waals surface area contributed by atoms with Gasteiger partial charge in [-0.3, -0.25) is 0 Å². The van der Waals surface area contributed by atoms with Gasteiger partial charge in [-0.15, -0.1) is 11.3 Å². The summed E-state index contributed by atoms with van der Waals surface area (Å²) in [5, 5.41) is 6.75. The molecule has 0 amide bonds. The van der Waals surface area contributed by atoms with Gasteiger partial charge in [0.05, 0.1) is 11.6 Å². The van der Waals surface area contributed by atoms with E-state index in [-0.39, 0.29) is 0 Å². The van der Waals surface area contributed by atoms with Crippen LogP contribution in [0.1, 0.15) is 31.7 Å². The molecule has 0 radical (unpaired) electrons. The molecule has 0 aliphatic rings. The molecule has 0 saturated heterocycles. The molecule has 3 nitrogen and oxygen atoms in total. The fraction of sp³-hybridized carbons (Fsp3) is 0.750. The molecule has 0 aromatic carbocycles. The van der Waals surface area contributed by atoms with Crippen molar-refractivity contribution in [3.63, 3.8) is 0 Å². The predicted octanol–water partition coefficient (Wildman–Crippen LogP) is 2.48. The first kappa shape index (κ1) is 13.6. The topological polar surface area (TPSA) is 34.1 Å². The number of unbranched alkanes of at least 4 members (excludes halogenated alkanes) is 1. The lowest BCUT2D eigenvalue weighted by Crippen LogP contribution is -2.31. The summed E-state index contributed by atoms with van der Waals surface area (Å²) in [5.74, 6) is 0. The van der Waals surface area contributed by atoms with Crippen molar-refractivity contribution in [1.82, 2.24) is 10.3 Å². The normalized spacial score (nSPS) is 12.9. The SMILES string of the molecule is CCOCC(C)NCCCCc1nccs1. The Balaban J connectivity index is 1.91. The van der Waals surface area contributed by atoms with Gasteiger partial charge in [0, 0.05) is 24.2 Å². The summed E-state index contributed by atoms with van der Waals surface area (Å²) < 4.78 is 5.34. The predicted molar refractivity (Wildman–Crippen MR) is 69.0 cm³/mol. The van der Waals surface area contributed by atoms with Gasteiger partial charge >= 0.3 is 0 Å². The molecule has 92 valence electrons. The van der Waals surface area contributed by atoms with Crippen molar-refractivity contribution in [2.45, 2.75) is 39.2 Å². The zero-order valence-electron chi connectivity index (χ0n) is 10.2. The number of rotatable bonds is 9. The molecule has 0 bridgehead atoms. The van der Waals surface area contributed by atoms with Gasteiger partial charge in [-0.2, -0.15) is 0 Å². The van der Waals surface area contributed by atoms with Gasteiger partial charge in [-0.05, 0) is 39.7 Å². The molecule has 1 N–H and O–H groups in total. The number of hydrogen-bond donors (Lipinski definition) is 1. The fourth-order valence-corrected chi connectivity index (χ4v) is 2.14. The van der Waals surface area contributed by atoms with Crippen LogP contribution in [0.25, 0.3) is 0 Å². The zero-order chi connectivity index (χ0) is 11.6. The van der Waals surface area contributed by atoms with E-state index >= 15 is 0 Å². The van der Waals surface area contributed by atoms with Gasteiger partial charge in [0.2, 0.25) is 0 Å². The van der Waals surface area contributed by atoms with Gasteiger partial charge in [0.1, 0.15) is 0 Å². The van der Waals surface area contributed by atoms with Gasteiger partial charge in [0.15, 0.2) is 0 Å². The number of nitrogens with zero attached hydrogens (tertiary/aromatic N) is 1. The maximum absolute atomic E-state index is 5.34. The van der Waals surface area contributed by atoms with E-state index in [0.29, 0.717) is 6.04 Å². The van der Waals surface area contributed by atoms with Crippen LogP contribution in [0.5, 0.6) is 0 Å². The monoisotopic (exact) mass is 242 g/mol. The van der Waals surface area contributed by atoms with Crippen LogP contribution in [-0.2, 0) is 11.2 Å². The van der Waals surface area contributed by atoms with E-state index in [9.17, 15) is 0 Å². The number of nitrogens with one attached hydrogen (secondary N) is 1. The molecule has 1 aromatic rings. The molecule has 0 saturated carbocycles. The summed E-state index contributed by atoms with van der Waals surface area (Å²) in [6.45, 7) is 6.87. The molecule has 1 heterocycles. The molecule has 1 aromatic heterocycles. The Morgan fingerprint density at radius 1 is 1.50 bits per heavy atom. The van der Waals surface area contributed by atoms with Crippen LogP contribution >= 0.6 is 11.3 Å². The second-order valence-electron chi connectivity index (χ2n) is 3.90. The third-order valence-electron chi connectivity index (χ3n) is 2.37. The van der Waals surface area contributed by atoms with E-state index in [2.05, 4.69) is 17.2 Å². The van der Waals surface area contributed by atoms with Crippen LogP contribution < -0.4 is 5.32 Å². The summed E-state index contributed by atoms with van der Waals surface area (Å²) >= 11 is 1.75. The minimum Gasteiger partial charge on any atom is -0.380 e. The number of aromatic nitrogens is 1. The van der Waals surface area contributed by atoms with Crippen molar-refractivity contribution in [3.05, 3.63) is 16.6 Å². The van der Waals surface area contributed by atoms with Crippen molar-refractivity contribution >= 4 is 11.3 Å². The molecule has 0 fully saturated rings. The highest BCUT2D eigenvalue weighted by Gasteiger charge is 2.00. The van der Waals surface area contributed by atoms with Crippen LogP contribution in [-0.4, -0.2) is 30.8 Å². The first-order chi connectivity index (χ1) is 7.83. The van der Waals surface area contributed by atoms with E-state index in [4.69, 9.17) is 4.74 Å². The van der Waals surface area contributed by atoms with Crippen LogP contribution in [0.2, 0.25) is 0 Å². The lowest BCUT2D eigenvalue weighted by Gasteiger charge is -2.12. The highest BCUT2D eigenvalue weighted by Crippen LogP contribution is 2.07. The maximum Gasteiger partial charge on any atom is 0.0924 e. The Morgan fingerprint density at radius 2 is 2.38 bits per heavy atom. The highest BCUT2D eigenvalue weighted by molar-refractivity contribution is 7.09. The molecule has 0 aliphatic carbocycles. The number of hydrogen-bond acceptors (Lipinski definition) is 4. The van der Waals surface area contributed by atoms with Crippen LogP contribution in [0.15, 0.2) is 11.6 Å². The van der Waals surface area contributed by atoms with E-state index < -0.39 is 0 Å². The Labute approximate surface area is 102 Å². The summed E-state index contributed by atoms with van der Waals surface area (Å²) in [6, 6.07) is 0.458. The number of aryl methyl sites for hydroxylation is 1. The first-order valence-electron chi connectivity index (χ1n) is 6.02. The van der Waals surface area contributed by atoms with Gasteiger partial charge in [-0.1, -0.05) is 0 Å². The average Bonchev–Trinajstić information content (AvgIpc) is 2.79. The number of thiazole rings is 1. The van der Waals surface area contributed by atoms with Crippen LogP contribution in [0.3, 0.4) is 0 Å². The smallest absolute Gasteiger partial charge is 0.0924 e. The lowest BCUT2D eigenvalue weighted by molar-refractivity contribution is 0.127. The lowest BCUT2D eigenvalue weighted by atomic mass is 10.2. The maximum atomic E-state index is 5.34. The van der Waals surface area contributed by atoms with Crippen molar-refractivity contribution in [2.24, 2.45) is 0 Å². The average molecular weight is 242 g/mol. The molecule has 1 atom stereocenters. The Hall–Kier alpha value is -0.450. The summed E-state index contributed by atoms with van der Waals surface area (Å²) in [7, 11) is 0. The summed E-state index contributed by atoms with van der Waals surface area (Å²) in [5.41, 5.74) is 0. The van der Waals surface area contributed by atoms with E-state index in [0.717, 1.165) is 26.2 Å². The number of ether oxygens (including phenoxy) is 1. The Bertz CT molecular complexity index is 252. The highest BCUT2D eigenvalue weighted by atomic mass is 32.1. The molecule has 0 aliphatic heterocycles. The standard InChI is InChI=1S/C12H22N2OS/c1-3-15-10-11(2)13-7-5-4-6-12-14-8-9-16-12/h8-9,11,13H,3-7,10H2,1-2H3. The van der Waals surface area contributed by atoms with Gasteiger partial charge in [-0.25, -0.2) is 4.98 Å². The molecule has 1 rings (SSSR count). The van der Waals surface area contributed by atoms with E-state index in [1.165, 1.54) is 17.8 Å². The molecule has 1 unspecified atom stereocenters. The minimum atomic E-state index is 0.458. The quantitative estimate of drug-likeness (QED) is 0.676. The van der Waals surface area contributed by atoms with Gasteiger partial charge < -0.3 is 10.1 Å². The Morgan fingerprint density at radius 3 is 3.06 bits per heavy atom. The third kappa shape index (κ3) is 6.20. The molecule has 4 heteroatoms.